The third-order valence-electron chi connectivity index (χ3n) is 2.84. The summed E-state index contributed by atoms with van der Waals surface area (Å²) in [4.78, 5) is 11.2. The number of aliphatic hydroxyl groups excluding tert-OH is 1. The van der Waals surface area contributed by atoms with Crippen LogP contribution in [0.1, 0.15) is 25.8 Å². The number of carbonyl (C=O) groups is 1. The summed E-state index contributed by atoms with van der Waals surface area (Å²) in [6.45, 7) is 3.16. The molecule has 0 aliphatic heterocycles. The van der Waals surface area contributed by atoms with Gasteiger partial charge in [0.25, 0.3) is 0 Å². The fraction of sp³-hybridized carbons (Fsp3) is 0.500. The number of hydrogen-bond donors (Lipinski definition) is 2. The highest BCUT2D eigenvalue weighted by Gasteiger charge is 2.15. The van der Waals surface area contributed by atoms with Crippen molar-refractivity contribution in [2.45, 2.75) is 32.8 Å². The first-order valence-electron chi connectivity index (χ1n) is 6.17. The fourth-order valence-corrected chi connectivity index (χ4v) is 1.60. The van der Waals surface area contributed by atoms with Gasteiger partial charge in [0.2, 0.25) is 0 Å². The number of hydrogen-bond acceptors (Lipinski definition) is 5. The lowest BCUT2D eigenvalue weighted by molar-refractivity contribution is -0.122. The number of benzene rings is 1. The predicted octanol–water partition coefficient (Wildman–Crippen LogP) is 1.68. The van der Waals surface area contributed by atoms with Crippen LogP contribution >= 0.6 is 0 Å². The first-order chi connectivity index (χ1) is 8.99. The highest BCUT2D eigenvalue weighted by Crippen LogP contribution is 2.35. The van der Waals surface area contributed by atoms with Gasteiger partial charge in [-0.15, -0.1) is 0 Å². The molecule has 0 spiro atoms. The average molecular weight is 268 g/mol. The Hall–Kier alpha value is -1.75. The molecule has 0 radical (unpaired) electrons. The zero-order valence-corrected chi connectivity index (χ0v) is 11.5. The van der Waals surface area contributed by atoms with Crippen LogP contribution in [0.3, 0.4) is 0 Å². The number of aryl methyl sites for hydroxylation is 1. The first kappa shape index (κ1) is 15.3. The van der Waals surface area contributed by atoms with E-state index in [-0.39, 0.29) is 18.1 Å². The van der Waals surface area contributed by atoms with Gasteiger partial charge in [-0.3, -0.25) is 4.79 Å². The molecule has 0 saturated carbocycles. The molecule has 0 amide bonds. The number of Topliss-reactive ketones (excluding diaryl/α,β-unsaturated/α-hetero) is 1. The molecular formula is C14H20O5. The van der Waals surface area contributed by atoms with Gasteiger partial charge in [-0.2, -0.15) is 0 Å². The molecule has 106 valence electrons. The second-order valence-electron chi connectivity index (χ2n) is 4.33. The van der Waals surface area contributed by atoms with Crippen molar-refractivity contribution in [1.82, 2.24) is 0 Å². The highest BCUT2D eigenvalue weighted by molar-refractivity contribution is 5.80. The van der Waals surface area contributed by atoms with Crippen LogP contribution in [0.25, 0.3) is 0 Å². The summed E-state index contributed by atoms with van der Waals surface area (Å²) in [5.41, 5.74) is 0.789. The molecule has 0 aliphatic carbocycles. The Morgan fingerprint density at radius 2 is 2.05 bits per heavy atom. The van der Waals surface area contributed by atoms with Crippen molar-refractivity contribution >= 4 is 5.78 Å². The first-order valence-corrected chi connectivity index (χ1v) is 6.17. The molecule has 0 saturated heterocycles. The van der Waals surface area contributed by atoms with Crippen molar-refractivity contribution in [1.29, 1.82) is 0 Å². The van der Waals surface area contributed by atoms with Gasteiger partial charge in [-0.05, 0) is 38.3 Å². The Bertz CT molecular complexity index is 442. The van der Waals surface area contributed by atoms with Crippen molar-refractivity contribution in [3.63, 3.8) is 0 Å². The van der Waals surface area contributed by atoms with Crippen molar-refractivity contribution in [2.24, 2.45) is 0 Å². The molecule has 0 bridgehead atoms. The van der Waals surface area contributed by atoms with Crippen LogP contribution in [-0.2, 0) is 11.2 Å². The van der Waals surface area contributed by atoms with Crippen LogP contribution in [0.15, 0.2) is 12.1 Å². The van der Waals surface area contributed by atoms with Crippen molar-refractivity contribution in [3.8, 4) is 17.2 Å². The minimum atomic E-state index is -0.583. The van der Waals surface area contributed by atoms with Crippen LogP contribution < -0.4 is 9.47 Å². The van der Waals surface area contributed by atoms with Gasteiger partial charge in [-0.1, -0.05) is 0 Å². The largest absolute Gasteiger partial charge is 0.504 e. The summed E-state index contributed by atoms with van der Waals surface area (Å²) in [5, 5.41) is 18.6. The van der Waals surface area contributed by atoms with Crippen LogP contribution in [0.5, 0.6) is 17.2 Å². The Kier molecular flexibility index (Phi) is 5.63. The lowest BCUT2D eigenvalue weighted by Gasteiger charge is -2.17. The minimum absolute atomic E-state index is 0.0407. The topological polar surface area (TPSA) is 76.0 Å². The van der Waals surface area contributed by atoms with Crippen LogP contribution in [0, 0.1) is 0 Å². The van der Waals surface area contributed by atoms with E-state index in [2.05, 4.69) is 0 Å². The smallest absolute Gasteiger partial charge is 0.169 e. The lowest BCUT2D eigenvalue weighted by Crippen LogP contribution is -2.21. The van der Waals surface area contributed by atoms with Gasteiger partial charge in [0.05, 0.1) is 7.11 Å². The predicted molar refractivity (Wildman–Crippen MR) is 70.8 cm³/mol. The van der Waals surface area contributed by atoms with Gasteiger partial charge in [0, 0.05) is 12.7 Å². The van der Waals surface area contributed by atoms with E-state index < -0.39 is 6.10 Å². The van der Waals surface area contributed by atoms with Crippen LogP contribution in [0.2, 0.25) is 0 Å². The summed E-state index contributed by atoms with van der Waals surface area (Å²) in [7, 11) is 1.46. The molecule has 0 aliphatic rings. The molecule has 5 nitrogen and oxygen atoms in total. The van der Waals surface area contributed by atoms with E-state index >= 15 is 0 Å². The number of methoxy groups -OCH3 is 1. The number of ether oxygens (including phenoxy) is 2. The Morgan fingerprint density at radius 1 is 1.37 bits per heavy atom. The van der Waals surface area contributed by atoms with Crippen molar-refractivity contribution in [2.75, 3.05) is 13.7 Å². The number of aromatic hydroxyl groups is 1. The maximum absolute atomic E-state index is 11.2. The number of phenols is 1. The molecule has 1 aromatic carbocycles. The van der Waals surface area contributed by atoms with Crippen LogP contribution in [-0.4, -0.2) is 35.8 Å². The summed E-state index contributed by atoms with van der Waals surface area (Å²) >= 11 is 0. The van der Waals surface area contributed by atoms with E-state index in [0.29, 0.717) is 24.3 Å². The third kappa shape index (κ3) is 4.13. The zero-order chi connectivity index (χ0) is 14.4. The maximum Gasteiger partial charge on any atom is 0.169 e. The second kappa shape index (κ2) is 6.99. The monoisotopic (exact) mass is 268 g/mol. The normalized spacial score (nSPS) is 12.0. The van der Waals surface area contributed by atoms with E-state index in [0.717, 1.165) is 5.56 Å². The Labute approximate surface area is 112 Å². The quantitative estimate of drug-likeness (QED) is 0.787. The minimum Gasteiger partial charge on any atom is -0.504 e. The summed E-state index contributed by atoms with van der Waals surface area (Å²) < 4.78 is 10.6. The molecule has 19 heavy (non-hydrogen) atoms. The molecule has 1 atom stereocenters. The van der Waals surface area contributed by atoms with Crippen LogP contribution in [0.4, 0.5) is 0 Å². The van der Waals surface area contributed by atoms with E-state index in [1.807, 2.05) is 0 Å². The highest BCUT2D eigenvalue weighted by atomic mass is 16.5. The van der Waals surface area contributed by atoms with Gasteiger partial charge < -0.3 is 19.7 Å². The fourth-order valence-electron chi connectivity index (χ4n) is 1.60. The second-order valence-corrected chi connectivity index (χ2v) is 4.33. The van der Waals surface area contributed by atoms with Crippen molar-refractivity contribution < 1.29 is 24.5 Å². The summed E-state index contributed by atoms with van der Waals surface area (Å²) in [6.07, 6.45) is 0.562. The number of ketones is 1. The number of rotatable bonds is 7. The number of phenolic OH excluding ortho intramolecular Hbond substituents is 1. The average Bonchev–Trinajstić information content (AvgIpc) is 2.37. The lowest BCUT2D eigenvalue weighted by atomic mass is 10.1. The zero-order valence-electron chi connectivity index (χ0n) is 11.5. The molecule has 0 heterocycles. The maximum atomic E-state index is 11.2. The van der Waals surface area contributed by atoms with E-state index in [9.17, 15) is 9.90 Å². The molecule has 2 N–H and O–H groups in total. The van der Waals surface area contributed by atoms with Gasteiger partial charge >= 0.3 is 0 Å². The standard InChI is InChI=1S/C14H20O5/c1-9(16)10(2)19-13-8-12(17)14(18-3)7-11(13)5-4-6-15/h7-8,10,15,17H,4-6H2,1-3H3. The summed E-state index contributed by atoms with van der Waals surface area (Å²) in [5.74, 6) is 0.648. The third-order valence-corrected chi connectivity index (χ3v) is 2.84. The Morgan fingerprint density at radius 3 is 2.58 bits per heavy atom. The van der Waals surface area contributed by atoms with E-state index in [1.165, 1.54) is 20.1 Å². The van der Waals surface area contributed by atoms with E-state index in [1.54, 1.807) is 13.0 Å². The number of aliphatic hydroxyl groups is 1. The molecule has 1 rings (SSSR count). The van der Waals surface area contributed by atoms with Gasteiger partial charge in [-0.25, -0.2) is 0 Å². The SMILES string of the molecule is COc1cc(CCCO)c(OC(C)C(C)=O)cc1O. The number of carbonyl (C=O) groups excluding carboxylic acids is 1. The van der Waals surface area contributed by atoms with Gasteiger partial charge in [0.1, 0.15) is 5.75 Å². The summed E-state index contributed by atoms with van der Waals surface area (Å²) in [6, 6.07) is 3.10. The van der Waals surface area contributed by atoms with E-state index in [4.69, 9.17) is 14.6 Å². The van der Waals surface area contributed by atoms with Gasteiger partial charge in [0.15, 0.2) is 23.4 Å². The molecule has 1 unspecified atom stereocenters. The Balaban J connectivity index is 3.05. The molecule has 0 aromatic heterocycles. The molecule has 5 heteroatoms. The van der Waals surface area contributed by atoms with Crippen molar-refractivity contribution in [3.05, 3.63) is 17.7 Å². The molecular weight excluding hydrogens is 248 g/mol. The molecule has 1 aromatic rings. The molecule has 0 fully saturated rings.